The fourth-order valence-electron chi connectivity index (χ4n) is 3.73. The van der Waals surface area contributed by atoms with Gasteiger partial charge in [-0.25, -0.2) is 0 Å². The van der Waals surface area contributed by atoms with Crippen molar-refractivity contribution in [2.45, 2.75) is 57.5 Å². The molecule has 2 aliphatic rings. The van der Waals surface area contributed by atoms with E-state index in [1.54, 1.807) is 0 Å². The second-order valence-electron chi connectivity index (χ2n) is 7.15. The normalized spacial score (nSPS) is 19.6. The second-order valence-corrected chi connectivity index (χ2v) is 7.94. The number of aryl methyl sites for hydroxylation is 1. The van der Waals surface area contributed by atoms with Gasteiger partial charge in [-0.1, -0.05) is 38.1 Å². The van der Waals surface area contributed by atoms with Crippen molar-refractivity contribution in [2.24, 2.45) is 0 Å². The molecular formula is C19H22BrN3O. The van der Waals surface area contributed by atoms with Crippen molar-refractivity contribution in [1.29, 1.82) is 0 Å². The van der Waals surface area contributed by atoms with E-state index in [-0.39, 0.29) is 11.9 Å². The minimum Gasteiger partial charge on any atom is -0.327 e. The number of nitrogens with zero attached hydrogens (tertiary/aromatic N) is 2. The van der Waals surface area contributed by atoms with Gasteiger partial charge in [-0.15, -0.1) is 0 Å². The first-order valence-electron chi connectivity index (χ1n) is 8.72. The van der Waals surface area contributed by atoms with Crippen molar-refractivity contribution in [3.63, 3.8) is 0 Å². The average Bonchev–Trinajstić information content (AvgIpc) is 3.18. The molecule has 0 radical (unpaired) electrons. The first-order chi connectivity index (χ1) is 11.6. The quantitative estimate of drug-likeness (QED) is 0.833. The minimum absolute atomic E-state index is 0.0502. The van der Waals surface area contributed by atoms with Crippen LogP contribution in [0.3, 0.4) is 0 Å². The third-order valence-corrected chi connectivity index (χ3v) is 5.93. The molecule has 1 unspecified atom stereocenters. The molecule has 1 heterocycles. The Hall–Kier alpha value is -1.62. The Balaban J connectivity index is 1.69. The standard InChI is InChI=1S/C19H22BrN3O/c1-11(2)17-16(20)18(22-21-17)19(24)23(13-8-9-13)15-10-7-12-5-3-4-6-14(12)15/h3-6,11,13,15H,7-10H2,1-2H3,(H,21,22). The van der Waals surface area contributed by atoms with Crippen LogP contribution in [-0.4, -0.2) is 27.0 Å². The molecule has 2 aromatic rings. The largest absolute Gasteiger partial charge is 0.327 e. The van der Waals surface area contributed by atoms with Gasteiger partial charge in [0.05, 0.1) is 16.2 Å². The zero-order valence-electron chi connectivity index (χ0n) is 14.1. The maximum atomic E-state index is 13.3. The molecule has 24 heavy (non-hydrogen) atoms. The second kappa shape index (κ2) is 6.03. The van der Waals surface area contributed by atoms with Gasteiger partial charge in [0.1, 0.15) is 0 Å². The zero-order chi connectivity index (χ0) is 16.8. The van der Waals surface area contributed by atoms with E-state index in [9.17, 15) is 4.79 Å². The van der Waals surface area contributed by atoms with E-state index in [0.29, 0.717) is 17.7 Å². The molecule has 1 aromatic heterocycles. The molecule has 0 saturated heterocycles. The number of rotatable bonds is 4. The van der Waals surface area contributed by atoms with E-state index in [1.807, 2.05) is 0 Å². The van der Waals surface area contributed by atoms with Gasteiger partial charge in [0.15, 0.2) is 5.69 Å². The van der Waals surface area contributed by atoms with E-state index in [0.717, 1.165) is 35.8 Å². The van der Waals surface area contributed by atoms with Crippen molar-refractivity contribution in [3.05, 3.63) is 51.3 Å². The first-order valence-corrected chi connectivity index (χ1v) is 9.51. The Kier molecular flexibility index (Phi) is 3.99. The number of hydrogen-bond acceptors (Lipinski definition) is 2. The Labute approximate surface area is 150 Å². The molecule has 1 amide bonds. The predicted molar refractivity (Wildman–Crippen MR) is 97.1 cm³/mol. The molecule has 126 valence electrons. The van der Waals surface area contributed by atoms with Gasteiger partial charge in [0.25, 0.3) is 5.91 Å². The molecular weight excluding hydrogens is 366 g/mol. The summed E-state index contributed by atoms with van der Waals surface area (Å²) < 4.78 is 0.819. The van der Waals surface area contributed by atoms with Gasteiger partial charge < -0.3 is 4.90 Å². The summed E-state index contributed by atoms with van der Waals surface area (Å²) >= 11 is 3.59. The number of carbonyl (C=O) groups excluding carboxylic acids is 1. The van der Waals surface area contributed by atoms with Crippen molar-refractivity contribution in [1.82, 2.24) is 15.1 Å². The summed E-state index contributed by atoms with van der Waals surface area (Å²) in [5, 5.41) is 7.37. The van der Waals surface area contributed by atoms with Crippen LogP contribution >= 0.6 is 15.9 Å². The smallest absolute Gasteiger partial charge is 0.276 e. The lowest BCUT2D eigenvalue weighted by Crippen LogP contribution is -2.36. The van der Waals surface area contributed by atoms with Gasteiger partial charge in [-0.3, -0.25) is 9.89 Å². The van der Waals surface area contributed by atoms with Crippen LogP contribution in [0.15, 0.2) is 28.7 Å². The van der Waals surface area contributed by atoms with Gasteiger partial charge in [0, 0.05) is 6.04 Å². The monoisotopic (exact) mass is 387 g/mol. The summed E-state index contributed by atoms with van der Waals surface area (Å²) in [5.41, 5.74) is 4.20. The molecule has 4 rings (SSSR count). The van der Waals surface area contributed by atoms with Crippen LogP contribution in [-0.2, 0) is 6.42 Å². The van der Waals surface area contributed by atoms with Crippen LogP contribution in [0.5, 0.6) is 0 Å². The molecule has 0 spiro atoms. The summed E-state index contributed by atoms with van der Waals surface area (Å²) in [5.74, 6) is 0.351. The highest BCUT2D eigenvalue weighted by atomic mass is 79.9. The zero-order valence-corrected chi connectivity index (χ0v) is 15.6. The Morgan fingerprint density at radius 3 is 2.71 bits per heavy atom. The predicted octanol–water partition coefficient (Wildman–Crippen LogP) is 4.59. The fraction of sp³-hybridized carbons (Fsp3) is 0.474. The summed E-state index contributed by atoms with van der Waals surface area (Å²) in [6.45, 7) is 4.19. The number of aromatic amines is 1. The molecule has 0 bridgehead atoms. The highest BCUT2D eigenvalue weighted by Gasteiger charge is 2.42. The number of aromatic nitrogens is 2. The van der Waals surface area contributed by atoms with Gasteiger partial charge in [0.2, 0.25) is 0 Å². The van der Waals surface area contributed by atoms with Crippen molar-refractivity contribution in [3.8, 4) is 0 Å². The lowest BCUT2D eigenvalue weighted by Gasteiger charge is -2.29. The highest BCUT2D eigenvalue weighted by molar-refractivity contribution is 9.10. The number of carbonyl (C=O) groups is 1. The summed E-state index contributed by atoms with van der Waals surface area (Å²) in [6, 6.07) is 9.07. The summed E-state index contributed by atoms with van der Waals surface area (Å²) in [7, 11) is 0. The number of halogens is 1. The highest BCUT2D eigenvalue weighted by Crippen LogP contribution is 2.43. The van der Waals surface area contributed by atoms with Crippen molar-refractivity contribution < 1.29 is 4.79 Å². The number of nitrogens with one attached hydrogen (secondary N) is 1. The fourth-order valence-corrected chi connectivity index (χ4v) is 4.53. The third-order valence-electron chi connectivity index (χ3n) is 5.12. The molecule has 1 aromatic carbocycles. The Morgan fingerprint density at radius 1 is 1.29 bits per heavy atom. The van der Waals surface area contributed by atoms with Crippen LogP contribution in [0.1, 0.15) is 72.4 Å². The summed E-state index contributed by atoms with van der Waals surface area (Å²) in [4.78, 5) is 15.4. The number of H-pyrrole nitrogens is 1. The van der Waals surface area contributed by atoms with Crippen LogP contribution in [0, 0.1) is 0 Å². The maximum absolute atomic E-state index is 13.3. The number of fused-ring (bicyclic) bond motifs is 1. The van der Waals surface area contributed by atoms with Crippen LogP contribution < -0.4 is 0 Å². The number of amides is 1. The van der Waals surface area contributed by atoms with E-state index < -0.39 is 0 Å². The van der Waals surface area contributed by atoms with Gasteiger partial charge in [-0.2, -0.15) is 5.10 Å². The molecule has 5 heteroatoms. The van der Waals surface area contributed by atoms with Crippen LogP contribution in [0.25, 0.3) is 0 Å². The van der Waals surface area contributed by atoms with Crippen LogP contribution in [0.2, 0.25) is 0 Å². The SMILES string of the molecule is CC(C)c1[nH]nc(C(=O)N(C2CC2)C2CCc3ccccc32)c1Br. The van der Waals surface area contributed by atoms with Gasteiger partial charge >= 0.3 is 0 Å². The van der Waals surface area contributed by atoms with Crippen LogP contribution in [0.4, 0.5) is 0 Å². The van der Waals surface area contributed by atoms with Crippen molar-refractivity contribution >= 4 is 21.8 Å². The lowest BCUT2D eigenvalue weighted by atomic mass is 10.1. The Morgan fingerprint density at radius 2 is 2.04 bits per heavy atom. The lowest BCUT2D eigenvalue weighted by molar-refractivity contribution is 0.0651. The molecule has 1 N–H and O–H groups in total. The molecule has 4 nitrogen and oxygen atoms in total. The van der Waals surface area contributed by atoms with Gasteiger partial charge in [-0.05, 0) is 58.7 Å². The maximum Gasteiger partial charge on any atom is 0.276 e. The summed E-state index contributed by atoms with van der Waals surface area (Å²) in [6.07, 6.45) is 4.27. The average molecular weight is 388 g/mol. The molecule has 1 atom stereocenters. The van der Waals surface area contributed by atoms with Crippen molar-refractivity contribution in [2.75, 3.05) is 0 Å². The number of hydrogen-bond donors (Lipinski definition) is 1. The molecule has 2 aliphatic carbocycles. The minimum atomic E-state index is 0.0502. The molecule has 1 fully saturated rings. The first kappa shape index (κ1) is 15.9. The van der Waals surface area contributed by atoms with E-state index in [2.05, 4.69) is 69.1 Å². The van der Waals surface area contributed by atoms with E-state index in [1.165, 1.54) is 11.1 Å². The third kappa shape index (κ3) is 2.59. The molecule has 1 saturated carbocycles. The topological polar surface area (TPSA) is 49.0 Å². The number of benzene rings is 1. The van der Waals surface area contributed by atoms with E-state index >= 15 is 0 Å². The Bertz CT molecular complexity index is 779. The van der Waals surface area contributed by atoms with E-state index in [4.69, 9.17) is 0 Å². The molecule has 0 aliphatic heterocycles.